The fourth-order valence-corrected chi connectivity index (χ4v) is 3.70. The molecule has 122 valence electrons. The second kappa shape index (κ2) is 5.19. The van der Waals surface area contributed by atoms with Gasteiger partial charge in [0.05, 0.1) is 5.69 Å². The minimum atomic E-state index is -3.87. The van der Waals surface area contributed by atoms with E-state index >= 15 is 0 Å². The van der Waals surface area contributed by atoms with E-state index in [1.165, 1.54) is 17.2 Å². The molecule has 0 bridgehead atoms. The van der Waals surface area contributed by atoms with Crippen LogP contribution in [0.2, 0.25) is 0 Å². The number of nitrogens with one attached hydrogen (secondary N) is 1. The standard InChI is InChI=1S/C12H15N7O3S/c1-7-11(9(3)22-16-7)23(20,21)17-10-8(2)18(4)15-12(10)19-5-13-14-6-19/h5-6,17H,1-4H3. The molecule has 0 aromatic carbocycles. The van der Waals surface area contributed by atoms with E-state index in [0.29, 0.717) is 22.9 Å². The van der Waals surface area contributed by atoms with Crippen LogP contribution in [-0.4, -0.2) is 38.1 Å². The number of nitrogens with zero attached hydrogens (tertiary/aromatic N) is 6. The van der Waals surface area contributed by atoms with Crippen molar-refractivity contribution in [3.05, 3.63) is 29.8 Å². The summed E-state index contributed by atoms with van der Waals surface area (Å²) >= 11 is 0. The van der Waals surface area contributed by atoms with E-state index in [4.69, 9.17) is 4.52 Å². The van der Waals surface area contributed by atoms with Crippen molar-refractivity contribution in [2.45, 2.75) is 25.7 Å². The van der Waals surface area contributed by atoms with Gasteiger partial charge in [-0.05, 0) is 20.8 Å². The highest BCUT2D eigenvalue weighted by Gasteiger charge is 2.27. The molecule has 11 heteroatoms. The van der Waals surface area contributed by atoms with Crippen LogP contribution in [0.25, 0.3) is 5.82 Å². The molecule has 0 saturated heterocycles. The molecule has 0 fully saturated rings. The number of hydrogen-bond acceptors (Lipinski definition) is 7. The lowest BCUT2D eigenvalue weighted by Crippen LogP contribution is -2.16. The van der Waals surface area contributed by atoms with Gasteiger partial charge in [0.25, 0.3) is 10.0 Å². The molecule has 0 unspecified atom stereocenters. The molecule has 0 aliphatic heterocycles. The maximum atomic E-state index is 12.7. The van der Waals surface area contributed by atoms with Gasteiger partial charge in [0.1, 0.15) is 24.0 Å². The number of anilines is 1. The van der Waals surface area contributed by atoms with Crippen molar-refractivity contribution in [3.8, 4) is 5.82 Å². The van der Waals surface area contributed by atoms with Gasteiger partial charge in [-0.15, -0.1) is 10.2 Å². The van der Waals surface area contributed by atoms with E-state index in [9.17, 15) is 8.42 Å². The van der Waals surface area contributed by atoms with Crippen LogP contribution in [0.15, 0.2) is 22.1 Å². The first-order chi connectivity index (χ1) is 10.8. The molecule has 10 nitrogen and oxygen atoms in total. The van der Waals surface area contributed by atoms with Gasteiger partial charge in [-0.25, -0.2) is 8.42 Å². The third-order valence-corrected chi connectivity index (χ3v) is 5.05. The van der Waals surface area contributed by atoms with E-state index < -0.39 is 10.0 Å². The van der Waals surface area contributed by atoms with Crippen LogP contribution >= 0.6 is 0 Å². The Morgan fingerprint density at radius 2 is 1.83 bits per heavy atom. The Morgan fingerprint density at radius 1 is 1.17 bits per heavy atom. The Balaban J connectivity index is 2.11. The van der Waals surface area contributed by atoms with Crippen molar-refractivity contribution in [1.29, 1.82) is 0 Å². The number of rotatable bonds is 4. The van der Waals surface area contributed by atoms with Crippen molar-refractivity contribution < 1.29 is 12.9 Å². The van der Waals surface area contributed by atoms with E-state index in [1.807, 2.05) is 0 Å². The minimum absolute atomic E-state index is 0.0236. The van der Waals surface area contributed by atoms with E-state index in [1.54, 1.807) is 32.5 Å². The molecule has 3 rings (SSSR count). The first kappa shape index (κ1) is 15.2. The molecule has 0 amide bonds. The summed E-state index contributed by atoms with van der Waals surface area (Å²) in [6, 6.07) is 0. The Kier molecular flexibility index (Phi) is 3.43. The molecule has 3 aromatic heterocycles. The third-order valence-electron chi connectivity index (χ3n) is 3.45. The zero-order valence-corrected chi connectivity index (χ0v) is 13.8. The molecule has 3 heterocycles. The summed E-state index contributed by atoms with van der Waals surface area (Å²) in [6.07, 6.45) is 2.88. The highest BCUT2D eigenvalue weighted by molar-refractivity contribution is 7.92. The second-order valence-electron chi connectivity index (χ2n) is 5.04. The van der Waals surface area contributed by atoms with Crippen molar-refractivity contribution in [1.82, 2.24) is 29.7 Å². The summed E-state index contributed by atoms with van der Waals surface area (Å²) in [7, 11) is -2.15. The fourth-order valence-electron chi connectivity index (χ4n) is 2.24. The van der Waals surface area contributed by atoms with Gasteiger partial charge < -0.3 is 4.52 Å². The summed E-state index contributed by atoms with van der Waals surface area (Å²) < 4.78 is 36.0. The molecular weight excluding hydrogens is 322 g/mol. The van der Waals surface area contributed by atoms with Gasteiger partial charge >= 0.3 is 0 Å². The normalized spacial score (nSPS) is 11.8. The molecule has 0 spiro atoms. The van der Waals surface area contributed by atoms with Crippen molar-refractivity contribution in [3.63, 3.8) is 0 Å². The second-order valence-corrected chi connectivity index (χ2v) is 6.65. The smallest absolute Gasteiger partial charge is 0.267 e. The third kappa shape index (κ3) is 2.48. The van der Waals surface area contributed by atoms with Gasteiger partial charge in [-0.1, -0.05) is 5.16 Å². The van der Waals surface area contributed by atoms with Crippen LogP contribution in [-0.2, 0) is 17.1 Å². The van der Waals surface area contributed by atoms with Crippen LogP contribution < -0.4 is 4.72 Å². The van der Waals surface area contributed by atoms with Crippen LogP contribution in [0.1, 0.15) is 17.1 Å². The average molecular weight is 337 g/mol. The molecule has 0 saturated carbocycles. The number of aryl methyl sites for hydroxylation is 3. The number of hydrogen-bond donors (Lipinski definition) is 1. The van der Waals surface area contributed by atoms with Crippen molar-refractivity contribution in [2.24, 2.45) is 7.05 Å². The van der Waals surface area contributed by atoms with Gasteiger partial charge in [-0.2, -0.15) is 5.10 Å². The van der Waals surface area contributed by atoms with E-state index in [-0.39, 0.29) is 10.7 Å². The number of aromatic nitrogens is 6. The lowest BCUT2D eigenvalue weighted by molar-refractivity contribution is 0.390. The first-order valence-electron chi connectivity index (χ1n) is 6.65. The van der Waals surface area contributed by atoms with E-state index in [0.717, 1.165) is 0 Å². The predicted octanol–water partition coefficient (Wildman–Crippen LogP) is 0.715. The van der Waals surface area contributed by atoms with Crippen LogP contribution in [0.3, 0.4) is 0 Å². The molecule has 3 aromatic rings. The van der Waals surface area contributed by atoms with Gasteiger partial charge in [-0.3, -0.25) is 14.0 Å². The quantitative estimate of drug-likeness (QED) is 0.744. The predicted molar refractivity (Wildman–Crippen MR) is 79.6 cm³/mol. The SMILES string of the molecule is Cc1noc(C)c1S(=O)(=O)Nc1c(-n2cnnc2)nn(C)c1C. The summed E-state index contributed by atoms with van der Waals surface area (Å²) in [4.78, 5) is 0.0236. The topological polar surface area (TPSA) is 121 Å². The van der Waals surface area contributed by atoms with E-state index in [2.05, 4.69) is 25.2 Å². The van der Waals surface area contributed by atoms with Gasteiger partial charge in [0.2, 0.25) is 0 Å². The molecule has 0 aliphatic rings. The van der Waals surface area contributed by atoms with Crippen molar-refractivity contribution >= 4 is 15.7 Å². The first-order valence-corrected chi connectivity index (χ1v) is 8.14. The highest BCUT2D eigenvalue weighted by Crippen LogP contribution is 2.28. The Hall–Kier alpha value is -2.69. The minimum Gasteiger partial charge on any atom is -0.360 e. The Bertz CT molecular complexity index is 934. The fraction of sp³-hybridized carbons (Fsp3) is 0.333. The molecule has 23 heavy (non-hydrogen) atoms. The molecule has 1 N–H and O–H groups in total. The molecular formula is C12H15N7O3S. The van der Waals surface area contributed by atoms with Gasteiger partial charge in [0, 0.05) is 7.05 Å². The molecule has 0 radical (unpaired) electrons. The Labute approximate surface area is 132 Å². The van der Waals surface area contributed by atoms with Crippen LogP contribution in [0.4, 0.5) is 5.69 Å². The zero-order valence-electron chi connectivity index (χ0n) is 13.0. The maximum absolute atomic E-state index is 12.7. The lowest BCUT2D eigenvalue weighted by atomic mass is 10.4. The average Bonchev–Trinajstić information content (AvgIpc) is 3.16. The largest absolute Gasteiger partial charge is 0.360 e. The van der Waals surface area contributed by atoms with Gasteiger partial charge in [0.15, 0.2) is 16.5 Å². The summed E-state index contributed by atoms with van der Waals surface area (Å²) in [5.74, 6) is 0.604. The highest BCUT2D eigenvalue weighted by atomic mass is 32.2. The van der Waals surface area contributed by atoms with Crippen LogP contribution in [0, 0.1) is 20.8 Å². The van der Waals surface area contributed by atoms with Crippen LogP contribution in [0.5, 0.6) is 0 Å². The van der Waals surface area contributed by atoms with Crippen molar-refractivity contribution in [2.75, 3.05) is 4.72 Å². The zero-order chi connectivity index (χ0) is 16.8. The Morgan fingerprint density at radius 3 is 2.39 bits per heavy atom. The molecule has 0 aliphatic carbocycles. The number of sulfonamides is 1. The summed E-state index contributed by atoms with van der Waals surface area (Å²) in [5.41, 5.74) is 1.28. The summed E-state index contributed by atoms with van der Waals surface area (Å²) in [5, 5.41) is 15.4. The lowest BCUT2D eigenvalue weighted by Gasteiger charge is -2.09. The monoisotopic (exact) mass is 337 g/mol. The summed E-state index contributed by atoms with van der Waals surface area (Å²) in [6.45, 7) is 4.87. The maximum Gasteiger partial charge on any atom is 0.267 e. The molecule has 0 atom stereocenters.